The van der Waals surface area contributed by atoms with Crippen molar-refractivity contribution in [1.29, 1.82) is 0 Å². The zero-order valence-corrected chi connectivity index (χ0v) is 57.1. The van der Waals surface area contributed by atoms with Crippen molar-refractivity contribution in [1.82, 2.24) is 0 Å². The molecule has 0 radical (unpaired) electrons. The van der Waals surface area contributed by atoms with Crippen molar-refractivity contribution in [2.24, 2.45) is 0 Å². The number of rotatable bonds is 0. The average molecular weight is 1360 g/mol. The van der Waals surface area contributed by atoms with Crippen LogP contribution in [0.3, 0.4) is 0 Å². The minimum atomic E-state index is 1.68. The topological polar surface area (TPSA) is 0 Å². The van der Waals surface area contributed by atoms with Crippen LogP contribution in [0.15, 0.2) is 0 Å². The van der Waals surface area contributed by atoms with Gasteiger partial charge in [0.05, 0.1) is 0 Å². The van der Waals surface area contributed by atoms with Crippen molar-refractivity contribution in [2.75, 3.05) is 0 Å². The summed E-state index contributed by atoms with van der Waals surface area (Å²) in [6, 6.07) is 0. The SMILES string of the molecule is C#CC#CC#CC#CC#CC#CC#CC#CC#CC#CC#CC#CC#CC#CC#CC#CC#CC#CC#CC#CC#CC#CC#CC#CC#CC#CC#CC#CC#CC#CC#CC#CC#CC#CC#CC#CC#CC#CC#CC#CC#CC#CC#CC#CC#CC#CC#CC#CC#CC#CC#CC#CC#CC#CC#CC#CC. The summed E-state index contributed by atoms with van der Waals surface area (Å²) in [7, 11) is 0. The average Bonchev–Trinajstić information content (AvgIpc) is 3.32. The highest BCUT2D eigenvalue weighted by molar-refractivity contribution is 5.57. The summed E-state index contributed by atoms with van der Waals surface area (Å²) in [5.74, 6) is 277. The van der Waals surface area contributed by atoms with Crippen molar-refractivity contribution in [2.45, 2.75) is 6.92 Å². The predicted octanol–water partition coefficient (Wildman–Crippen LogP) is 0.827. The molecule has 456 valence electrons. The maximum atomic E-state index is 4.95. The van der Waals surface area contributed by atoms with Crippen LogP contribution in [-0.2, 0) is 0 Å². The number of hydrogen-bond acceptors (Lipinski definition) is 0. The van der Waals surface area contributed by atoms with Crippen LogP contribution in [0.2, 0.25) is 0 Å². The van der Waals surface area contributed by atoms with Gasteiger partial charge in [0.2, 0.25) is 0 Å². The summed E-state index contributed by atoms with van der Waals surface area (Å²) < 4.78 is 0. The van der Waals surface area contributed by atoms with Crippen molar-refractivity contribution in [3.63, 3.8) is 0 Å². The van der Waals surface area contributed by atoms with E-state index in [4.69, 9.17) is 6.42 Å². The van der Waals surface area contributed by atoms with Gasteiger partial charge in [-0.2, -0.15) is 0 Å². The predicted molar refractivity (Wildman–Crippen MR) is 442 cm³/mol. The fraction of sp³-hybridized carbons (Fsp3) is 0.00885. The molecule has 0 fully saturated rings. The van der Waals surface area contributed by atoms with E-state index in [-0.39, 0.29) is 0 Å². The van der Waals surface area contributed by atoms with Gasteiger partial charge in [0.1, 0.15) is 0 Å². The van der Waals surface area contributed by atoms with Gasteiger partial charge in [-0.05, 0) is 102 Å². The lowest BCUT2D eigenvalue weighted by Crippen LogP contribution is -1.57. The van der Waals surface area contributed by atoms with Gasteiger partial charge in [-0.15, -0.1) is 6.42 Å². The van der Waals surface area contributed by atoms with E-state index >= 15 is 0 Å². The standard InChI is InChI=1S/C113H4/c1-3-5-7-9-11-13-15-17-19-21-23-25-27-29-31-33-35-37-39-41-43-45-47-49-51-53-55-57-59-61-63-65-67-69-71-73-75-77-79-81-83-85-87-89-91-93-95-97-99-101-103-105-107-109-111-113-112-110-108-106-104-102-100-98-96-94-92-90-88-86-84-82-80-78-76-74-72-70-68-66-64-62-60-58-56-54-52-50-48-46-44-42-40-38-36-34-32-30-28-26-24-22-20-18-16-14-12-10-8-6-4-2/h1H,2H3. The third-order valence-corrected chi connectivity index (χ3v) is 6.95. The lowest BCUT2D eigenvalue weighted by Gasteiger charge is -1.58. The number of terminal acetylenes is 1. The molecule has 0 aliphatic rings. The van der Waals surface area contributed by atoms with Gasteiger partial charge >= 0.3 is 0 Å². The quantitative estimate of drug-likeness (QED) is 0.316. The van der Waals surface area contributed by atoms with Gasteiger partial charge in [-0.25, -0.2) is 0 Å². The second kappa shape index (κ2) is 87.4. The third-order valence-electron chi connectivity index (χ3n) is 6.95. The molecule has 0 spiro atoms. The Hall–Kier alpha value is -24.6. The third kappa shape index (κ3) is 87.4. The van der Waals surface area contributed by atoms with Crippen LogP contribution in [-0.4, -0.2) is 0 Å². The smallest absolute Gasteiger partial charge is 0 e. The molecule has 0 amide bonds. The summed E-state index contributed by atoms with van der Waals surface area (Å²) >= 11 is 0. The molecule has 0 N–H and O–H groups in total. The monoisotopic (exact) mass is 1360 g/mol. The zero-order chi connectivity index (χ0) is 80.5. The molecule has 0 bridgehead atoms. The molecule has 0 heterocycles. The van der Waals surface area contributed by atoms with Crippen LogP contribution < -0.4 is 0 Å². The molecule has 0 atom stereocenters. The Morgan fingerprint density at radius 2 is 0.115 bits per heavy atom. The first kappa shape index (κ1) is 88.4. The van der Waals surface area contributed by atoms with E-state index in [1.165, 1.54) is 0 Å². The summed E-state index contributed by atoms with van der Waals surface area (Å²) in [6.45, 7) is 1.68. The highest BCUT2D eigenvalue weighted by atomic mass is 13.7. The number of hydrogen-bond donors (Lipinski definition) is 0. The van der Waals surface area contributed by atoms with Gasteiger partial charge in [-0.3, -0.25) is 0 Å². The van der Waals surface area contributed by atoms with Gasteiger partial charge < -0.3 is 0 Å². The molecular weight excluding hydrogens is 1360 g/mol. The second-order valence-corrected chi connectivity index (χ2v) is 14.0. The molecule has 0 rings (SSSR count). The molecule has 0 unspecified atom stereocenters. The maximum absolute atomic E-state index is 4.95. The Labute approximate surface area is 666 Å². The van der Waals surface area contributed by atoms with Crippen molar-refractivity contribution >= 4 is 0 Å². The highest BCUT2D eigenvalue weighted by Crippen LogP contribution is 1.68. The summed E-state index contributed by atoms with van der Waals surface area (Å²) in [5, 5.41) is 0. The first-order chi connectivity index (χ1) is 56.4. The van der Waals surface area contributed by atoms with E-state index in [2.05, 4.69) is 657 Å². The van der Waals surface area contributed by atoms with Crippen LogP contribution in [0.4, 0.5) is 0 Å². The van der Waals surface area contributed by atoms with E-state index in [1.807, 2.05) is 0 Å². The van der Waals surface area contributed by atoms with Crippen LogP contribution in [0.25, 0.3) is 0 Å². The first-order valence-electron chi connectivity index (χ1n) is 28.3. The van der Waals surface area contributed by atoms with Crippen molar-refractivity contribution < 1.29 is 0 Å². The molecule has 0 saturated heterocycles. The van der Waals surface area contributed by atoms with Crippen LogP contribution in [0.1, 0.15) is 6.92 Å². The van der Waals surface area contributed by atoms with E-state index in [0.717, 1.165) is 0 Å². The van der Waals surface area contributed by atoms with E-state index in [1.54, 1.807) is 6.92 Å². The van der Waals surface area contributed by atoms with Crippen molar-refractivity contribution in [3.8, 4) is 664 Å². The minimum absolute atomic E-state index is 1.68. The van der Waals surface area contributed by atoms with Crippen LogP contribution >= 0.6 is 0 Å². The molecule has 0 aliphatic heterocycles. The first-order valence-corrected chi connectivity index (χ1v) is 28.3. The molecule has 0 aromatic heterocycles. The van der Waals surface area contributed by atoms with Crippen LogP contribution in [0, 0.1) is 664 Å². The van der Waals surface area contributed by atoms with E-state index < -0.39 is 0 Å². The second-order valence-electron chi connectivity index (χ2n) is 14.0. The fourth-order valence-corrected chi connectivity index (χ4v) is 3.44. The molecule has 0 aromatic rings. The fourth-order valence-electron chi connectivity index (χ4n) is 3.44. The molecular formula is C113H4. The van der Waals surface area contributed by atoms with Gasteiger partial charge in [-0.1, -0.05) is 5.92 Å². The lowest BCUT2D eigenvalue weighted by molar-refractivity contribution is 1.92. The summed E-state index contributed by atoms with van der Waals surface area (Å²) in [4.78, 5) is 0. The van der Waals surface area contributed by atoms with Gasteiger partial charge in [0, 0.05) is 557 Å². The highest BCUT2D eigenvalue weighted by Gasteiger charge is 1.68. The molecule has 0 saturated carbocycles. The van der Waals surface area contributed by atoms with E-state index in [9.17, 15) is 0 Å². The Morgan fingerprint density at radius 3 is 0.159 bits per heavy atom. The largest absolute Gasteiger partial charge is 0.106 e. The molecule has 0 heteroatoms. The Morgan fingerprint density at radius 1 is 0.0708 bits per heavy atom. The summed E-state index contributed by atoms with van der Waals surface area (Å²) in [5.41, 5.74) is 0. The molecule has 0 aliphatic carbocycles. The van der Waals surface area contributed by atoms with E-state index in [0.29, 0.717) is 0 Å². The molecule has 113 heavy (non-hydrogen) atoms. The molecule has 0 aromatic carbocycles. The Balaban J connectivity index is 4.64. The Bertz CT molecular complexity index is 7990. The molecule has 0 nitrogen and oxygen atoms in total. The minimum Gasteiger partial charge on any atom is -0.106 e. The van der Waals surface area contributed by atoms with Crippen molar-refractivity contribution in [3.05, 3.63) is 0 Å². The normalized spacial score (nSPS) is 3.96. The van der Waals surface area contributed by atoms with Gasteiger partial charge in [0.25, 0.3) is 0 Å². The lowest BCUT2D eigenvalue weighted by atomic mass is 10.4. The van der Waals surface area contributed by atoms with Gasteiger partial charge in [0.15, 0.2) is 0 Å². The summed E-state index contributed by atoms with van der Waals surface area (Å²) in [6.07, 6.45) is 4.95. The maximum Gasteiger partial charge on any atom is 0 e. The Kier molecular flexibility index (Phi) is 68.3. The van der Waals surface area contributed by atoms with Crippen LogP contribution in [0.5, 0.6) is 0 Å². The zero-order valence-electron chi connectivity index (χ0n) is 57.1.